The Balaban J connectivity index is 1.54. The number of carbonyl (C=O) groups excluding carboxylic acids is 2. The topological polar surface area (TPSA) is 76.1 Å². The minimum absolute atomic E-state index is 0.0513. The molecule has 1 N–H and O–H groups in total. The molecule has 0 radical (unpaired) electrons. The van der Waals surface area contributed by atoms with Gasteiger partial charge in [0.25, 0.3) is 0 Å². The zero-order chi connectivity index (χ0) is 23.9. The highest BCUT2D eigenvalue weighted by Gasteiger charge is 2.43. The molecule has 3 atom stereocenters. The highest BCUT2D eigenvalue weighted by molar-refractivity contribution is 5.82. The van der Waals surface area contributed by atoms with Crippen LogP contribution in [-0.4, -0.2) is 34.3 Å². The summed E-state index contributed by atoms with van der Waals surface area (Å²) in [6.07, 6.45) is -1.53. The second-order valence-corrected chi connectivity index (χ2v) is 8.57. The Bertz CT molecular complexity index is 1030. The van der Waals surface area contributed by atoms with Crippen LogP contribution in [0.4, 0.5) is 4.79 Å². The van der Waals surface area contributed by atoms with Crippen molar-refractivity contribution in [2.24, 2.45) is 5.92 Å². The maximum Gasteiger partial charge on any atom is 0.412 e. The molecule has 34 heavy (non-hydrogen) atoms. The van der Waals surface area contributed by atoms with Crippen LogP contribution in [0.3, 0.4) is 0 Å². The Labute approximate surface area is 199 Å². The van der Waals surface area contributed by atoms with E-state index in [4.69, 9.17) is 9.47 Å². The zero-order valence-electron chi connectivity index (χ0n) is 19.1. The van der Waals surface area contributed by atoms with Crippen molar-refractivity contribution in [1.29, 1.82) is 0 Å². The fourth-order valence-electron chi connectivity index (χ4n) is 4.21. The van der Waals surface area contributed by atoms with Crippen molar-refractivity contribution in [3.05, 3.63) is 108 Å². The summed E-state index contributed by atoms with van der Waals surface area (Å²) < 4.78 is 11.4. The number of piperidine rings is 1. The number of benzene rings is 3. The molecule has 6 heteroatoms. The quantitative estimate of drug-likeness (QED) is 0.521. The van der Waals surface area contributed by atoms with Gasteiger partial charge < -0.3 is 14.6 Å². The van der Waals surface area contributed by atoms with Gasteiger partial charge in [0.05, 0.1) is 0 Å². The van der Waals surface area contributed by atoms with Gasteiger partial charge in [-0.2, -0.15) is 0 Å². The second kappa shape index (κ2) is 11.0. The highest BCUT2D eigenvalue weighted by Crippen LogP contribution is 2.32. The van der Waals surface area contributed by atoms with Gasteiger partial charge in [0.1, 0.15) is 18.9 Å². The molecule has 1 saturated heterocycles. The fraction of sp³-hybridized carbons (Fsp3) is 0.286. The van der Waals surface area contributed by atoms with E-state index in [1.54, 1.807) is 0 Å². The summed E-state index contributed by atoms with van der Waals surface area (Å²) in [6.45, 7) is 1.90. The molecule has 176 valence electrons. The molecule has 1 aliphatic rings. The molecule has 3 aromatic rings. The number of aliphatic hydroxyl groups excluding tert-OH is 1. The third kappa shape index (κ3) is 5.46. The predicted octanol–water partition coefficient (Wildman–Crippen LogP) is 5.07. The van der Waals surface area contributed by atoms with E-state index in [0.717, 1.165) is 21.6 Å². The first-order chi connectivity index (χ1) is 16.5. The van der Waals surface area contributed by atoms with Crippen LogP contribution in [-0.2, 0) is 20.9 Å². The van der Waals surface area contributed by atoms with Gasteiger partial charge in [-0.1, -0.05) is 97.9 Å². The molecule has 0 aliphatic carbocycles. The fourth-order valence-corrected chi connectivity index (χ4v) is 4.21. The molecule has 1 aliphatic heterocycles. The van der Waals surface area contributed by atoms with Crippen LogP contribution in [0, 0.1) is 5.92 Å². The summed E-state index contributed by atoms with van der Waals surface area (Å²) >= 11 is 0. The summed E-state index contributed by atoms with van der Waals surface area (Å²) in [7, 11) is 0. The molecule has 0 unspecified atom stereocenters. The third-order valence-corrected chi connectivity index (χ3v) is 6.15. The van der Waals surface area contributed by atoms with Crippen LogP contribution >= 0.6 is 0 Å². The molecule has 0 saturated carbocycles. The maximum atomic E-state index is 13.4. The lowest BCUT2D eigenvalue weighted by molar-refractivity contribution is -0.164. The van der Waals surface area contributed by atoms with Crippen molar-refractivity contribution in [1.82, 2.24) is 4.90 Å². The Morgan fingerprint density at radius 3 is 1.97 bits per heavy atom. The Kier molecular flexibility index (Phi) is 7.60. The number of amides is 1. The number of nitrogens with zero attached hydrogens (tertiary/aromatic N) is 1. The number of aliphatic hydroxyl groups is 1. The zero-order valence-corrected chi connectivity index (χ0v) is 19.1. The second-order valence-electron chi connectivity index (χ2n) is 8.57. The van der Waals surface area contributed by atoms with Gasteiger partial charge in [-0.05, 0) is 29.5 Å². The molecule has 0 spiro atoms. The van der Waals surface area contributed by atoms with Crippen molar-refractivity contribution in [2.45, 2.75) is 44.7 Å². The first kappa shape index (κ1) is 23.5. The Morgan fingerprint density at radius 2 is 1.41 bits per heavy atom. The van der Waals surface area contributed by atoms with Gasteiger partial charge in [0, 0.05) is 5.92 Å². The summed E-state index contributed by atoms with van der Waals surface area (Å²) in [6, 6.07) is 27.3. The molecule has 4 rings (SSSR count). The number of likely N-dealkylation sites (tertiary alicyclic amines) is 1. The summed E-state index contributed by atoms with van der Waals surface area (Å²) in [5, 5.41) is 10.8. The van der Waals surface area contributed by atoms with Crippen LogP contribution in [0.1, 0.15) is 42.6 Å². The lowest BCUT2D eigenvalue weighted by Gasteiger charge is -2.40. The number of esters is 1. The molecular formula is C28H29NO5. The summed E-state index contributed by atoms with van der Waals surface area (Å²) in [5.41, 5.74) is 2.47. The van der Waals surface area contributed by atoms with Crippen LogP contribution < -0.4 is 0 Å². The SMILES string of the molecule is C[C@H]1CC[C@@H](C(=O)OC(c2ccccc2)c2ccccc2)N(C(=O)OCc2ccccc2)[C@H]1O. The van der Waals surface area contributed by atoms with Crippen molar-refractivity contribution < 1.29 is 24.2 Å². The lowest BCUT2D eigenvalue weighted by Crippen LogP contribution is -2.56. The van der Waals surface area contributed by atoms with Crippen LogP contribution in [0.2, 0.25) is 0 Å². The Morgan fingerprint density at radius 1 is 0.882 bits per heavy atom. The minimum Gasteiger partial charge on any atom is -0.451 e. The average molecular weight is 460 g/mol. The molecule has 3 aromatic carbocycles. The first-order valence-corrected chi connectivity index (χ1v) is 11.5. The first-order valence-electron chi connectivity index (χ1n) is 11.5. The van der Waals surface area contributed by atoms with Crippen molar-refractivity contribution in [2.75, 3.05) is 0 Å². The van der Waals surface area contributed by atoms with E-state index < -0.39 is 30.4 Å². The van der Waals surface area contributed by atoms with Crippen molar-refractivity contribution in [3.8, 4) is 0 Å². The molecule has 6 nitrogen and oxygen atoms in total. The maximum absolute atomic E-state index is 13.4. The van der Waals surface area contributed by atoms with Crippen molar-refractivity contribution in [3.63, 3.8) is 0 Å². The number of hydrogen-bond donors (Lipinski definition) is 1. The standard InChI is InChI=1S/C28H29NO5/c1-20-17-18-24(29(26(20)30)28(32)33-19-21-11-5-2-6-12-21)27(31)34-25(22-13-7-3-8-14-22)23-15-9-4-10-16-23/h2-16,20,24-26,30H,17-19H2,1H3/t20-,24-,26-/m0/s1. The number of ether oxygens (including phenoxy) is 2. The van der Waals surface area contributed by atoms with E-state index in [-0.39, 0.29) is 12.5 Å². The van der Waals surface area contributed by atoms with Crippen LogP contribution in [0.5, 0.6) is 0 Å². The highest BCUT2D eigenvalue weighted by atomic mass is 16.6. The molecule has 0 bridgehead atoms. The smallest absolute Gasteiger partial charge is 0.412 e. The molecule has 1 amide bonds. The Hall–Kier alpha value is -3.64. The number of rotatable bonds is 6. The van der Waals surface area contributed by atoms with Gasteiger partial charge in [-0.3, -0.25) is 4.90 Å². The van der Waals surface area contributed by atoms with E-state index in [1.165, 1.54) is 0 Å². The molecular weight excluding hydrogens is 430 g/mol. The van der Waals surface area contributed by atoms with Gasteiger partial charge in [-0.15, -0.1) is 0 Å². The third-order valence-electron chi connectivity index (χ3n) is 6.15. The number of hydrogen-bond acceptors (Lipinski definition) is 5. The monoisotopic (exact) mass is 459 g/mol. The average Bonchev–Trinajstić information content (AvgIpc) is 2.88. The van der Waals surface area contributed by atoms with Crippen molar-refractivity contribution >= 4 is 12.1 Å². The molecule has 0 aromatic heterocycles. The number of carbonyl (C=O) groups is 2. The van der Waals surface area contributed by atoms with E-state index >= 15 is 0 Å². The van der Waals surface area contributed by atoms with E-state index in [9.17, 15) is 14.7 Å². The van der Waals surface area contributed by atoms with E-state index in [1.807, 2.05) is 97.9 Å². The predicted molar refractivity (Wildman–Crippen MR) is 127 cm³/mol. The molecule has 1 heterocycles. The van der Waals surface area contributed by atoms with Gasteiger partial charge in [0.15, 0.2) is 6.10 Å². The summed E-state index contributed by atoms with van der Waals surface area (Å²) in [5.74, 6) is -0.757. The van der Waals surface area contributed by atoms with Crippen LogP contribution in [0.25, 0.3) is 0 Å². The van der Waals surface area contributed by atoms with Crippen LogP contribution in [0.15, 0.2) is 91.0 Å². The minimum atomic E-state index is -1.14. The van der Waals surface area contributed by atoms with E-state index in [0.29, 0.717) is 12.8 Å². The van der Waals surface area contributed by atoms with Gasteiger partial charge >= 0.3 is 12.1 Å². The largest absolute Gasteiger partial charge is 0.451 e. The van der Waals surface area contributed by atoms with Gasteiger partial charge in [0.2, 0.25) is 0 Å². The summed E-state index contributed by atoms with van der Waals surface area (Å²) in [4.78, 5) is 27.5. The van der Waals surface area contributed by atoms with E-state index in [2.05, 4.69) is 0 Å². The normalized spacial score (nSPS) is 20.1. The lowest BCUT2D eigenvalue weighted by atomic mass is 9.92. The van der Waals surface area contributed by atoms with Gasteiger partial charge in [-0.25, -0.2) is 9.59 Å². The molecule has 1 fully saturated rings.